The summed E-state index contributed by atoms with van der Waals surface area (Å²) in [5, 5.41) is 4.36. The highest BCUT2D eigenvalue weighted by atomic mass is 19.4. The van der Waals surface area contributed by atoms with Gasteiger partial charge in [-0.25, -0.2) is 4.68 Å². The predicted molar refractivity (Wildman–Crippen MR) is 70.5 cm³/mol. The first-order valence-electron chi connectivity index (χ1n) is 6.29. The zero-order valence-corrected chi connectivity index (χ0v) is 11.3. The number of rotatable bonds is 3. The summed E-state index contributed by atoms with van der Waals surface area (Å²) in [6.45, 7) is 4.03. The van der Waals surface area contributed by atoms with Gasteiger partial charge in [0.15, 0.2) is 0 Å². The SMILES string of the molecule is CC(C)c1ccn(-c2ccc(C(F)(F)F)cc2CN)n1. The van der Waals surface area contributed by atoms with Gasteiger partial charge in [0.05, 0.1) is 16.9 Å². The molecule has 0 bridgehead atoms. The Hall–Kier alpha value is -1.82. The maximum Gasteiger partial charge on any atom is 0.416 e. The van der Waals surface area contributed by atoms with Crippen molar-refractivity contribution in [3.05, 3.63) is 47.3 Å². The largest absolute Gasteiger partial charge is 0.416 e. The van der Waals surface area contributed by atoms with E-state index in [2.05, 4.69) is 5.10 Å². The van der Waals surface area contributed by atoms with Crippen LogP contribution >= 0.6 is 0 Å². The number of aromatic nitrogens is 2. The third-order valence-corrected chi connectivity index (χ3v) is 3.07. The molecule has 0 saturated heterocycles. The van der Waals surface area contributed by atoms with E-state index in [4.69, 9.17) is 5.73 Å². The van der Waals surface area contributed by atoms with Gasteiger partial charge in [0.1, 0.15) is 0 Å². The average Bonchev–Trinajstić information content (AvgIpc) is 2.86. The molecule has 2 N–H and O–H groups in total. The average molecular weight is 283 g/mol. The van der Waals surface area contributed by atoms with E-state index in [9.17, 15) is 13.2 Å². The van der Waals surface area contributed by atoms with Gasteiger partial charge in [-0.1, -0.05) is 13.8 Å². The normalized spacial score (nSPS) is 12.2. The van der Waals surface area contributed by atoms with Crippen molar-refractivity contribution in [2.45, 2.75) is 32.5 Å². The fourth-order valence-electron chi connectivity index (χ4n) is 1.93. The minimum absolute atomic E-state index is 0.0239. The molecule has 0 aliphatic heterocycles. The van der Waals surface area contributed by atoms with Crippen molar-refractivity contribution in [3.8, 4) is 5.69 Å². The zero-order chi connectivity index (χ0) is 14.9. The molecule has 0 aliphatic carbocycles. The van der Waals surface area contributed by atoms with Crippen molar-refractivity contribution in [2.24, 2.45) is 5.73 Å². The van der Waals surface area contributed by atoms with Gasteiger partial charge in [-0.05, 0) is 35.7 Å². The lowest BCUT2D eigenvalue weighted by atomic mass is 10.1. The van der Waals surface area contributed by atoms with Crippen LogP contribution < -0.4 is 5.73 Å². The molecule has 20 heavy (non-hydrogen) atoms. The number of hydrogen-bond donors (Lipinski definition) is 1. The summed E-state index contributed by atoms with van der Waals surface area (Å²) in [6.07, 6.45) is -2.63. The van der Waals surface area contributed by atoms with Gasteiger partial charge < -0.3 is 5.73 Å². The van der Waals surface area contributed by atoms with Crippen LogP contribution in [0.2, 0.25) is 0 Å². The maximum atomic E-state index is 12.7. The standard InChI is InChI=1S/C14H16F3N3/c1-9(2)12-5-6-20(19-12)13-4-3-11(14(15,16)17)7-10(13)8-18/h3-7,9H,8,18H2,1-2H3. The molecular weight excluding hydrogens is 267 g/mol. The summed E-state index contributed by atoms with van der Waals surface area (Å²) in [5.74, 6) is 0.257. The molecule has 6 heteroatoms. The van der Waals surface area contributed by atoms with Gasteiger partial charge in [-0.3, -0.25) is 0 Å². The minimum Gasteiger partial charge on any atom is -0.326 e. The Morgan fingerprint density at radius 3 is 2.45 bits per heavy atom. The fourth-order valence-corrected chi connectivity index (χ4v) is 1.93. The molecule has 0 fully saturated rings. The summed E-state index contributed by atoms with van der Waals surface area (Å²) >= 11 is 0. The smallest absolute Gasteiger partial charge is 0.326 e. The molecule has 3 nitrogen and oxygen atoms in total. The van der Waals surface area contributed by atoms with E-state index in [1.54, 1.807) is 10.9 Å². The van der Waals surface area contributed by atoms with E-state index < -0.39 is 11.7 Å². The summed E-state index contributed by atoms with van der Waals surface area (Å²) in [6, 6.07) is 5.38. The van der Waals surface area contributed by atoms with Gasteiger partial charge >= 0.3 is 6.18 Å². The highest BCUT2D eigenvalue weighted by Crippen LogP contribution is 2.31. The highest BCUT2D eigenvalue weighted by Gasteiger charge is 2.31. The fraction of sp³-hybridized carbons (Fsp3) is 0.357. The summed E-state index contributed by atoms with van der Waals surface area (Å²) in [4.78, 5) is 0. The molecule has 1 heterocycles. The van der Waals surface area contributed by atoms with Crippen LogP contribution in [0.4, 0.5) is 13.2 Å². The van der Waals surface area contributed by atoms with Gasteiger partial charge in [-0.2, -0.15) is 18.3 Å². The third kappa shape index (κ3) is 2.85. The number of benzene rings is 1. The summed E-state index contributed by atoms with van der Waals surface area (Å²) < 4.78 is 39.6. The lowest BCUT2D eigenvalue weighted by molar-refractivity contribution is -0.137. The van der Waals surface area contributed by atoms with Crippen LogP contribution in [0.3, 0.4) is 0 Å². The number of hydrogen-bond acceptors (Lipinski definition) is 2. The van der Waals surface area contributed by atoms with Crippen molar-refractivity contribution in [1.82, 2.24) is 9.78 Å². The first-order valence-corrected chi connectivity index (χ1v) is 6.29. The number of nitrogens with two attached hydrogens (primary N) is 1. The van der Waals surface area contributed by atoms with Gasteiger partial charge in [0.2, 0.25) is 0 Å². The molecule has 0 aliphatic rings. The van der Waals surface area contributed by atoms with Gasteiger partial charge in [0, 0.05) is 12.7 Å². The second-order valence-corrected chi connectivity index (χ2v) is 4.89. The van der Waals surface area contributed by atoms with Crippen LogP contribution in [0.1, 0.15) is 36.6 Å². The molecule has 0 amide bonds. The highest BCUT2D eigenvalue weighted by molar-refractivity contribution is 5.44. The molecule has 2 aromatic rings. The van der Waals surface area contributed by atoms with Crippen LogP contribution in [0.5, 0.6) is 0 Å². The van der Waals surface area contributed by atoms with Crippen molar-refractivity contribution >= 4 is 0 Å². The third-order valence-electron chi connectivity index (χ3n) is 3.07. The molecule has 1 aromatic carbocycles. The van der Waals surface area contributed by atoms with Crippen LogP contribution in [-0.4, -0.2) is 9.78 Å². The number of alkyl halides is 3. The van der Waals surface area contributed by atoms with Gasteiger partial charge in [-0.15, -0.1) is 0 Å². The Morgan fingerprint density at radius 1 is 1.25 bits per heavy atom. The van der Waals surface area contributed by atoms with E-state index in [0.717, 1.165) is 17.8 Å². The monoisotopic (exact) mass is 283 g/mol. The molecule has 0 spiro atoms. The van der Waals surface area contributed by atoms with Crippen LogP contribution in [0.15, 0.2) is 30.5 Å². The molecule has 2 rings (SSSR count). The Morgan fingerprint density at radius 2 is 1.95 bits per heavy atom. The van der Waals surface area contributed by atoms with Gasteiger partial charge in [0.25, 0.3) is 0 Å². The topological polar surface area (TPSA) is 43.8 Å². The second kappa shape index (κ2) is 5.28. The Balaban J connectivity index is 2.46. The van der Waals surface area contributed by atoms with E-state index in [0.29, 0.717) is 11.3 Å². The predicted octanol–water partition coefficient (Wildman–Crippen LogP) is 3.47. The van der Waals surface area contributed by atoms with E-state index >= 15 is 0 Å². The Bertz CT molecular complexity index is 600. The van der Waals surface area contributed by atoms with Crippen LogP contribution in [0.25, 0.3) is 5.69 Å². The minimum atomic E-state index is -4.37. The molecule has 108 valence electrons. The maximum absolute atomic E-state index is 12.7. The Kier molecular flexibility index (Phi) is 3.85. The lowest BCUT2D eigenvalue weighted by Crippen LogP contribution is -2.10. The molecule has 0 saturated carbocycles. The zero-order valence-electron chi connectivity index (χ0n) is 11.3. The van der Waals surface area contributed by atoms with Crippen LogP contribution in [-0.2, 0) is 12.7 Å². The van der Waals surface area contributed by atoms with Crippen molar-refractivity contribution < 1.29 is 13.2 Å². The van der Waals surface area contributed by atoms with Crippen molar-refractivity contribution in [1.29, 1.82) is 0 Å². The summed E-state index contributed by atoms with van der Waals surface area (Å²) in [7, 11) is 0. The molecular formula is C14H16F3N3. The summed E-state index contributed by atoms with van der Waals surface area (Å²) in [5.41, 5.74) is 6.74. The first kappa shape index (κ1) is 14.6. The number of halogens is 3. The van der Waals surface area contributed by atoms with E-state index in [1.807, 2.05) is 19.9 Å². The molecule has 0 radical (unpaired) electrons. The Labute approximate surface area is 115 Å². The lowest BCUT2D eigenvalue weighted by Gasteiger charge is -2.12. The first-order chi connectivity index (χ1) is 9.32. The van der Waals surface area contributed by atoms with Crippen LogP contribution in [0, 0.1) is 0 Å². The molecule has 1 aromatic heterocycles. The van der Waals surface area contributed by atoms with Crippen molar-refractivity contribution in [2.75, 3.05) is 0 Å². The molecule has 0 unspecified atom stereocenters. The number of nitrogens with zero attached hydrogens (tertiary/aromatic N) is 2. The van der Waals surface area contributed by atoms with E-state index in [-0.39, 0.29) is 12.5 Å². The van der Waals surface area contributed by atoms with E-state index in [1.165, 1.54) is 6.07 Å². The quantitative estimate of drug-likeness (QED) is 0.937. The molecule has 0 atom stereocenters. The second-order valence-electron chi connectivity index (χ2n) is 4.89. The van der Waals surface area contributed by atoms with Crippen molar-refractivity contribution in [3.63, 3.8) is 0 Å².